The summed E-state index contributed by atoms with van der Waals surface area (Å²) < 4.78 is 0. The quantitative estimate of drug-likeness (QED) is 0.117. The molecule has 0 fully saturated rings. The van der Waals surface area contributed by atoms with Gasteiger partial charge in [0.25, 0.3) is 47.3 Å². The van der Waals surface area contributed by atoms with Crippen LogP contribution in [0.15, 0.2) is 146 Å². The van der Waals surface area contributed by atoms with Gasteiger partial charge in [0, 0.05) is 0 Å². The van der Waals surface area contributed by atoms with E-state index in [4.69, 9.17) is 0 Å². The predicted octanol–water partition coefficient (Wildman–Crippen LogP) is 4.84. The molecule has 0 aromatic heterocycles. The van der Waals surface area contributed by atoms with Gasteiger partial charge in [-0.05, 0) is 115 Å². The maximum absolute atomic E-state index is 12.5. The van der Waals surface area contributed by atoms with E-state index < -0.39 is 119 Å². The molecule has 0 saturated carbocycles. The second-order valence-electron chi connectivity index (χ2n) is 22.9. The summed E-state index contributed by atoms with van der Waals surface area (Å²) in [7, 11) is 0. The first-order valence-electron chi connectivity index (χ1n) is 28.1. The minimum absolute atomic E-state index is 0. The molecule has 2 radical (unpaired) electrons. The summed E-state index contributed by atoms with van der Waals surface area (Å²) in [5.41, 5.74) is 1.97. The number of carboxylic acid groups (broad SMARTS) is 4. The van der Waals surface area contributed by atoms with E-state index >= 15 is 0 Å². The van der Waals surface area contributed by atoms with Crippen molar-refractivity contribution in [2.45, 2.75) is 79.6 Å². The third-order valence-corrected chi connectivity index (χ3v) is 15.7. The zero-order chi connectivity index (χ0) is 64.1. The number of aliphatic carboxylic acids is 4. The molecule has 4 atom stereocenters. The summed E-state index contributed by atoms with van der Waals surface area (Å²) in [6.45, 7) is 13.1. The number of hydrogen-bond acceptors (Lipinski definition) is 16. The SMILES string of the molecule is CC(C)[C@@H](C(=O)[O-])N1C(=O)c2cc3ccccc3cc2C1=O.CC(C)[C@@H](C(=O)[O-])N1C(=O)c2cc3ccccc3cc2C1=O.CC(C)[C@@H](C(=O)[O-])N1C(=O)c2cc3ccccc3cc2C1=O.CC(C)[C@@H](C(=O)[O-])N1C(=O)c2cc3ccccc3cc2C1=O.[Rh+2].[Rh+2]. The van der Waals surface area contributed by atoms with E-state index in [1.807, 2.05) is 97.1 Å². The van der Waals surface area contributed by atoms with Gasteiger partial charge in [-0.1, -0.05) is 152 Å². The van der Waals surface area contributed by atoms with Gasteiger partial charge in [-0.3, -0.25) is 58.0 Å². The fourth-order valence-corrected chi connectivity index (χ4v) is 11.5. The molecule has 90 heavy (non-hydrogen) atoms. The summed E-state index contributed by atoms with van der Waals surface area (Å²) in [5.74, 6) is -12.0. The van der Waals surface area contributed by atoms with Gasteiger partial charge >= 0.3 is 39.0 Å². The molecule has 0 N–H and O–H groups in total. The van der Waals surface area contributed by atoms with Gasteiger partial charge in [0.05, 0.1) is 92.6 Å². The number of carbonyl (C=O) groups is 12. The van der Waals surface area contributed by atoms with Crippen LogP contribution in [-0.2, 0) is 58.1 Å². The summed E-state index contributed by atoms with van der Waals surface area (Å²) in [4.78, 5) is 149. The number of hydrogen-bond donors (Lipinski definition) is 0. The smallest absolute Gasteiger partial charge is 0.548 e. The van der Waals surface area contributed by atoms with E-state index in [-0.39, 0.29) is 83.5 Å². The molecule has 0 saturated heterocycles. The molecule has 20 nitrogen and oxygen atoms in total. The van der Waals surface area contributed by atoms with Gasteiger partial charge in [0.15, 0.2) is 0 Å². The Morgan fingerprint density at radius 2 is 0.367 bits per heavy atom. The molecule has 4 heterocycles. The Hall–Kier alpha value is -9.51. The van der Waals surface area contributed by atoms with Crippen LogP contribution in [-0.4, -0.2) is 115 Å². The minimum atomic E-state index is -1.42. The molecule has 12 rings (SSSR count). The van der Waals surface area contributed by atoms with Gasteiger partial charge < -0.3 is 39.6 Å². The van der Waals surface area contributed by atoms with Crippen LogP contribution >= 0.6 is 0 Å². The van der Waals surface area contributed by atoms with E-state index in [0.29, 0.717) is 0 Å². The van der Waals surface area contributed by atoms with E-state index in [2.05, 4.69) is 0 Å². The molecule has 8 amide bonds. The molecule has 462 valence electrons. The monoisotopic (exact) mass is 1390 g/mol. The second-order valence-corrected chi connectivity index (χ2v) is 22.9. The van der Waals surface area contributed by atoms with Crippen molar-refractivity contribution < 1.29 is 117 Å². The van der Waals surface area contributed by atoms with E-state index in [1.165, 1.54) is 0 Å². The van der Waals surface area contributed by atoms with Gasteiger partial charge in [-0.2, -0.15) is 0 Å². The molecule has 4 aliphatic rings. The van der Waals surface area contributed by atoms with Crippen molar-refractivity contribution in [1.29, 1.82) is 0 Å². The minimum Gasteiger partial charge on any atom is -0.548 e. The largest absolute Gasteiger partial charge is 2.00 e. The van der Waals surface area contributed by atoms with Gasteiger partial charge in [-0.25, -0.2) is 0 Å². The van der Waals surface area contributed by atoms with Crippen LogP contribution in [0.25, 0.3) is 43.1 Å². The Kier molecular flexibility index (Phi) is 20.5. The first kappa shape index (κ1) is 68.0. The summed E-state index contributed by atoms with van der Waals surface area (Å²) in [6.07, 6.45) is 0. The van der Waals surface area contributed by atoms with Crippen molar-refractivity contribution in [2.24, 2.45) is 23.7 Å². The molecule has 0 aliphatic carbocycles. The maximum atomic E-state index is 12.5. The molecule has 0 spiro atoms. The van der Waals surface area contributed by atoms with Crippen molar-refractivity contribution in [1.82, 2.24) is 19.6 Å². The van der Waals surface area contributed by atoms with Crippen molar-refractivity contribution in [2.75, 3.05) is 0 Å². The predicted molar refractivity (Wildman–Crippen MR) is 312 cm³/mol. The third-order valence-electron chi connectivity index (χ3n) is 15.7. The average molecular weight is 1390 g/mol. The molecule has 4 aliphatic heterocycles. The number of benzene rings is 8. The van der Waals surface area contributed by atoms with Crippen LogP contribution < -0.4 is 20.4 Å². The molecular formula is C68H56N4O16Rh2. The van der Waals surface area contributed by atoms with Crippen LogP contribution in [0, 0.1) is 23.7 Å². The van der Waals surface area contributed by atoms with E-state index in [9.17, 15) is 78.0 Å². The zero-order valence-corrected chi connectivity index (χ0v) is 52.7. The number of nitrogens with zero attached hydrogens (tertiary/aromatic N) is 4. The van der Waals surface area contributed by atoms with Crippen LogP contribution in [0.4, 0.5) is 0 Å². The topological polar surface area (TPSA) is 310 Å². The van der Waals surface area contributed by atoms with Crippen LogP contribution in [0.5, 0.6) is 0 Å². The first-order valence-corrected chi connectivity index (χ1v) is 28.1. The Morgan fingerprint density at radius 1 is 0.256 bits per heavy atom. The van der Waals surface area contributed by atoms with Crippen molar-refractivity contribution in [3.63, 3.8) is 0 Å². The summed E-state index contributed by atoms with van der Waals surface area (Å²) >= 11 is 0. The Morgan fingerprint density at radius 3 is 0.456 bits per heavy atom. The Bertz CT molecular complexity index is 3580. The van der Waals surface area contributed by atoms with Gasteiger partial charge in [0.1, 0.15) is 0 Å². The van der Waals surface area contributed by atoms with Crippen molar-refractivity contribution in [3.8, 4) is 0 Å². The second kappa shape index (κ2) is 27.1. The Labute approximate surface area is 540 Å². The fourth-order valence-electron chi connectivity index (χ4n) is 11.5. The third kappa shape index (κ3) is 12.5. The average Bonchev–Trinajstić information content (AvgIpc) is 1.74. The fraction of sp³-hybridized carbons (Fsp3) is 0.235. The number of rotatable bonds is 12. The molecule has 22 heteroatoms. The molecule has 0 bridgehead atoms. The Balaban J connectivity index is 0.000000169. The molecular weight excluding hydrogens is 1330 g/mol. The number of carboxylic acids is 4. The normalized spacial score (nSPS) is 15.2. The van der Waals surface area contributed by atoms with E-state index in [0.717, 1.165) is 62.7 Å². The van der Waals surface area contributed by atoms with Gasteiger partial charge in [-0.15, -0.1) is 0 Å². The van der Waals surface area contributed by atoms with E-state index in [1.54, 1.807) is 104 Å². The van der Waals surface area contributed by atoms with Gasteiger partial charge in [0.2, 0.25) is 0 Å². The molecule has 0 unspecified atom stereocenters. The van der Waals surface area contributed by atoms with Crippen LogP contribution in [0.3, 0.4) is 0 Å². The van der Waals surface area contributed by atoms with Crippen molar-refractivity contribution in [3.05, 3.63) is 190 Å². The standard InChI is InChI=1S/4C17H15NO4.2Rh/c4*1-9(2)14(17(21)22)18-15(19)12-7-10-5-3-4-6-11(10)8-13(12)16(18)20;;/h4*3-9,14H,1-2H3,(H,21,22);;/q;;;;2*+2/p-4/t4*14-;;/m0000../s1. The first-order chi connectivity index (χ1) is 41.7. The number of amides is 8. The number of carbonyl (C=O) groups excluding carboxylic acids is 12. The van der Waals surface area contributed by atoms with Crippen LogP contribution in [0.1, 0.15) is 138 Å². The van der Waals surface area contributed by atoms with Crippen LogP contribution in [0.2, 0.25) is 0 Å². The zero-order valence-electron chi connectivity index (χ0n) is 49.5. The molecule has 8 aromatic carbocycles. The summed E-state index contributed by atoms with van der Waals surface area (Å²) in [5, 5.41) is 52.0. The maximum Gasteiger partial charge on any atom is 2.00 e. The molecule has 8 aromatic rings. The number of imide groups is 4. The summed E-state index contributed by atoms with van der Waals surface area (Å²) in [6, 6.07) is 37.5. The number of fused-ring (bicyclic) bond motifs is 8. The van der Waals surface area contributed by atoms with Crippen molar-refractivity contribution >= 4 is 114 Å².